The van der Waals surface area contributed by atoms with Crippen molar-refractivity contribution in [2.45, 2.75) is 39.7 Å². The summed E-state index contributed by atoms with van der Waals surface area (Å²) in [5, 5.41) is 11.7. The van der Waals surface area contributed by atoms with Gasteiger partial charge in [-0.05, 0) is 62.2 Å². The van der Waals surface area contributed by atoms with Crippen LogP contribution in [0.2, 0.25) is 0 Å². The molecule has 0 saturated heterocycles. The minimum atomic E-state index is -0.853. The van der Waals surface area contributed by atoms with E-state index in [-0.39, 0.29) is 23.4 Å². The summed E-state index contributed by atoms with van der Waals surface area (Å²) in [4.78, 5) is 43.9. The van der Waals surface area contributed by atoms with Gasteiger partial charge in [-0.1, -0.05) is 46.7 Å². The van der Waals surface area contributed by atoms with Crippen LogP contribution in [0.25, 0.3) is 17.4 Å². The van der Waals surface area contributed by atoms with Gasteiger partial charge in [0.2, 0.25) is 0 Å². The smallest absolute Gasteiger partial charge is 0.338 e. The summed E-state index contributed by atoms with van der Waals surface area (Å²) in [5.41, 5.74) is 2.07. The number of rotatable bonds is 9. The molecule has 0 spiro atoms. The molecule has 1 atom stereocenters. The van der Waals surface area contributed by atoms with Crippen LogP contribution in [0.4, 0.5) is 5.69 Å². The molecule has 0 N–H and O–H groups in total. The van der Waals surface area contributed by atoms with Crippen LogP contribution in [-0.4, -0.2) is 29.2 Å². The third kappa shape index (κ3) is 5.84. The van der Waals surface area contributed by atoms with Crippen LogP contribution in [0.3, 0.4) is 0 Å². The average Bonchev–Trinajstić information content (AvgIpc) is 3.56. The van der Waals surface area contributed by atoms with Gasteiger partial charge in [0.1, 0.15) is 23.3 Å². The first-order valence-corrected chi connectivity index (χ1v) is 15.2. The van der Waals surface area contributed by atoms with Gasteiger partial charge in [0.25, 0.3) is 11.2 Å². The van der Waals surface area contributed by atoms with Crippen molar-refractivity contribution in [2.75, 3.05) is 13.7 Å². The van der Waals surface area contributed by atoms with E-state index < -0.39 is 16.9 Å². The van der Waals surface area contributed by atoms with Crippen molar-refractivity contribution in [2.24, 2.45) is 4.99 Å². The second kappa shape index (κ2) is 12.5. The number of nitro benzene ring substituents is 1. The van der Waals surface area contributed by atoms with Gasteiger partial charge in [-0.15, -0.1) is 0 Å². The maximum absolute atomic E-state index is 14.1. The number of hydrogen-bond acceptors (Lipinski definition) is 9. The fourth-order valence-electron chi connectivity index (χ4n) is 5.04. The highest BCUT2D eigenvalue weighted by Gasteiger charge is 2.36. The molecule has 0 aliphatic carbocycles. The zero-order valence-electron chi connectivity index (χ0n) is 23.9. The topological polar surface area (TPSA) is 126 Å². The SMILES string of the molecule is CCCC1=C(C(=O)OCC)[C@H](c2cc(Br)ccc2OC)n2c(s/c(=C/c3ccc(-c4ccc(C)cc4[N+](=O)[O-])o3)c2=O)=N1. The van der Waals surface area contributed by atoms with E-state index in [1.165, 1.54) is 29.1 Å². The maximum Gasteiger partial charge on any atom is 0.338 e. The van der Waals surface area contributed by atoms with Crippen LogP contribution >= 0.6 is 27.3 Å². The predicted octanol–water partition coefficient (Wildman–Crippen LogP) is 5.83. The number of fused-ring (bicyclic) bond motifs is 1. The molecule has 0 fully saturated rings. The highest BCUT2D eigenvalue weighted by molar-refractivity contribution is 9.10. The first-order valence-electron chi connectivity index (χ1n) is 13.6. The number of ether oxygens (including phenoxy) is 2. The van der Waals surface area contributed by atoms with Crippen LogP contribution in [-0.2, 0) is 9.53 Å². The fraction of sp³-hybridized carbons (Fsp3) is 0.258. The molecule has 3 heterocycles. The lowest BCUT2D eigenvalue weighted by atomic mass is 9.93. The van der Waals surface area contributed by atoms with E-state index in [0.717, 1.165) is 16.5 Å². The molecule has 1 aliphatic heterocycles. The second-order valence-corrected chi connectivity index (χ2v) is 11.7. The summed E-state index contributed by atoms with van der Waals surface area (Å²) < 4.78 is 19.6. The molecule has 1 aliphatic rings. The van der Waals surface area contributed by atoms with E-state index >= 15 is 0 Å². The molecule has 0 radical (unpaired) electrons. The Labute approximate surface area is 258 Å². The summed E-state index contributed by atoms with van der Waals surface area (Å²) in [6, 6.07) is 12.7. The molecule has 5 rings (SSSR count). The standard InChI is InChI=1S/C31H28BrN3O7S/c1-5-7-22-27(30(37)41-6-2)28(21-15-18(32)9-12-24(21)40-4)34-29(36)26(43-31(34)33-22)16-19-10-13-25(42-19)20-11-8-17(3)14-23(20)35(38)39/h8-16,28H,5-7H2,1-4H3/b26-16+/t28-/m0/s1. The van der Waals surface area contributed by atoms with Crippen LogP contribution < -0.4 is 19.6 Å². The van der Waals surface area contributed by atoms with Crippen LogP contribution in [0, 0.1) is 17.0 Å². The Morgan fingerprint density at radius 2 is 2.00 bits per heavy atom. The Bertz CT molecular complexity index is 1950. The minimum Gasteiger partial charge on any atom is -0.496 e. The lowest BCUT2D eigenvalue weighted by molar-refractivity contribution is -0.384. The summed E-state index contributed by atoms with van der Waals surface area (Å²) in [6.07, 6.45) is 2.80. The highest BCUT2D eigenvalue weighted by Crippen LogP contribution is 2.38. The van der Waals surface area contributed by atoms with Gasteiger partial charge in [0.05, 0.1) is 40.0 Å². The van der Waals surface area contributed by atoms with Crippen molar-refractivity contribution < 1.29 is 23.6 Å². The van der Waals surface area contributed by atoms with E-state index in [1.54, 1.807) is 50.3 Å². The number of benzene rings is 2. The fourth-order valence-corrected chi connectivity index (χ4v) is 6.42. The molecular weight excluding hydrogens is 638 g/mol. The number of carbonyl (C=O) groups excluding carboxylic acids is 1. The molecule has 43 heavy (non-hydrogen) atoms. The van der Waals surface area contributed by atoms with Crippen LogP contribution in [0.1, 0.15) is 49.6 Å². The molecule has 10 nitrogen and oxygen atoms in total. The van der Waals surface area contributed by atoms with Gasteiger partial charge in [-0.2, -0.15) is 0 Å². The first-order chi connectivity index (χ1) is 20.7. The average molecular weight is 667 g/mol. The quantitative estimate of drug-likeness (QED) is 0.125. The number of aromatic nitrogens is 1. The number of nitrogens with zero attached hydrogens (tertiary/aromatic N) is 3. The molecule has 12 heteroatoms. The maximum atomic E-state index is 14.1. The molecule has 0 amide bonds. The monoisotopic (exact) mass is 665 g/mol. The highest BCUT2D eigenvalue weighted by atomic mass is 79.9. The van der Waals surface area contributed by atoms with Crippen LogP contribution in [0.15, 0.2) is 78.5 Å². The van der Waals surface area contributed by atoms with Crippen molar-refractivity contribution in [3.05, 3.63) is 111 Å². The number of allylic oxidation sites excluding steroid dienone is 1. The molecule has 4 aromatic rings. The number of aryl methyl sites for hydroxylation is 1. The normalized spacial score (nSPS) is 14.8. The number of hydrogen-bond donors (Lipinski definition) is 0. The molecular formula is C31H28BrN3O7S. The van der Waals surface area contributed by atoms with Gasteiger partial charge in [0, 0.05) is 22.2 Å². The van der Waals surface area contributed by atoms with Crippen LogP contribution in [0.5, 0.6) is 5.75 Å². The Hall–Kier alpha value is -4.29. The van der Waals surface area contributed by atoms with Crippen molar-refractivity contribution in [3.63, 3.8) is 0 Å². The van der Waals surface area contributed by atoms with E-state index in [1.807, 2.05) is 19.1 Å². The van der Waals surface area contributed by atoms with Gasteiger partial charge in [0.15, 0.2) is 4.80 Å². The number of esters is 1. The molecule has 0 saturated carbocycles. The van der Waals surface area contributed by atoms with Gasteiger partial charge < -0.3 is 13.9 Å². The molecule has 222 valence electrons. The Morgan fingerprint density at radius 1 is 1.21 bits per heavy atom. The molecule has 2 aromatic heterocycles. The van der Waals surface area contributed by atoms with Gasteiger partial charge in [-0.3, -0.25) is 19.5 Å². The number of carbonyl (C=O) groups is 1. The second-order valence-electron chi connectivity index (χ2n) is 9.78. The summed E-state index contributed by atoms with van der Waals surface area (Å²) in [5.74, 6) is 0.589. The largest absolute Gasteiger partial charge is 0.496 e. The Morgan fingerprint density at radius 3 is 2.70 bits per heavy atom. The lowest BCUT2D eigenvalue weighted by Crippen LogP contribution is -2.40. The molecule has 2 aromatic carbocycles. The van der Waals surface area contributed by atoms with Crippen molar-refractivity contribution >= 4 is 45.0 Å². The third-order valence-corrected chi connectivity index (χ3v) is 8.37. The Balaban J connectivity index is 1.71. The summed E-state index contributed by atoms with van der Waals surface area (Å²) in [6.45, 7) is 5.65. The first kappa shape index (κ1) is 30.2. The zero-order valence-corrected chi connectivity index (χ0v) is 26.3. The van der Waals surface area contributed by atoms with E-state index in [0.29, 0.717) is 49.8 Å². The third-order valence-electron chi connectivity index (χ3n) is 6.89. The molecule has 0 bridgehead atoms. The summed E-state index contributed by atoms with van der Waals surface area (Å²) >= 11 is 4.68. The lowest BCUT2D eigenvalue weighted by Gasteiger charge is -2.27. The zero-order chi connectivity index (χ0) is 30.8. The number of halogens is 1. The predicted molar refractivity (Wildman–Crippen MR) is 166 cm³/mol. The van der Waals surface area contributed by atoms with E-state index in [2.05, 4.69) is 15.9 Å². The molecule has 0 unspecified atom stereocenters. The number of methoxy groups -OCH3 is 1. The van der Waals surface area contributed by atoms with E-state index in [4.69, 9.17) is 18.9 Å². The van der Waals surface area contributed by atoms with Crippen molar-refractivity contribution in [3.8, 4) is 17.1 Å². The van der Waals surface area contributed by atoms with Gasteiger partial charge >= 0.3 is 5.97 Å². The van der Waals surface area contributed by atoms with Gasteiger partial charge in [-0.25, -0.2) is 9.79 Å². The Kier molecular flexibility index (Phi) is 8.79. The minimum absolute atomic E-state index is 0.0711. The number of nitro groups is 1. The van der Waals surface area contributed by atoms with Crippen molar-refractivity contribution in [1.82, 2.24) is 4.57 Å². The van der Waals surface area contributed by atoms with Crippen molar-refractivity contribution in [1.29, 1.82) is 0 Å². The number of furan rings is 1. The summed E-state index contributed by atoms with van der Waals surface area (Å²) in [7, 11) is 1.53. The van der Waals surface area contributed by atoms with E-state index in [9.17, 15) is 19.7 Å². The number of thiazole rings is 1.